The zero-order valence-corrected chi connectivity index (χ0v) is 26.5. The number of imide groups is 2. The summed E-state index contributed by atoms with van der Waals surface area (Å²) in [7, 11) is 0. The van der Waals surface area contributed by atoms with Gasteiger partial charge >= 0.3 is 0 Å². The lowest BCUT2D eigenvalue weighted by Crippen LogP contribution is -2.55. The van der Waals surface area contributed by atoms with E-state index in [4.69, 9.17) is 16.3 Å². The second-order valence-electron chi connectivity index (χ2n) is 13.2. The summed E-state index contributed by atoms with van der Waals surface area (Å²) in [5, 5.41) is 10.8. The van der Waals surface area contributed by atoms with E-state index in [0.717, 1.165) is 16.7 Å². The van der Waals surface area contributed by atoms with Crippen LogP contribution in [0, 0.1) is 29.6 Å². The van der Waals surface area contributed by atoms with Gasteiger partial charge in [0.25, 0.3) is 0 Å². The summed E-state index contributed by atoms with van der Waals surface area (Å²) in [6, 6.07) is 21.1. The number of aromatic hydroxyl groups is 1. The summed E-state index contributed by atoms with van der Waals surface area (Å²) in [5.74, 6) is -3.43. The smallest absolute Gasteiger partial charge is 0.246 e. The van der Waals surface area contributed by atoms with E-state index in [2.05, 4.69) is 6.08 Å². The van der Waals surface area contributed by atoms with Crippen molar-refractivity contribution in [3.63, 3.8) is 0 Å². The second kappa shape index (κ2) is 10.9. The number of rotatable bonds is 5. The normalized spacial score (nSPS) is 29.4. The van der Waals surface area contributed by atoms with Crippen LogP contribution in [0.15, 0.2) is 96.3 Å². The average molecular weight is 649 g/mol. The number of ether oxygens (including phenoxy) is 1. The number of nitrogens with zero attached hydrogens (tertiary/aromatic N) is 2. The third-order valence-electron chi connectivity index (χ3n) is 10.9. The van der Waals surface area contributed by atoms with Crippen molar-refractivity contribution in [2.75, 3.05) is 11.4 Å². The van der Waals surface area contributed by atoms with Crippen molar-refractivity contribution >= 4 is 40.9 Å². The molecule has 238 valence electrons. The van der Waals surface area contributed by atoms with Crippen LogP contribution < -0.4 is 9.64 Å². The van der Waals surface area contributed by atoms with Gasteiger partial charge in [-0.1, -0.05) is 66.6 Å². The third kappa shape index (κ3) is 4.20. The monoisotopic (exact) mass is 648 g/mol. The molecule has 47 heavy (non-hydrogen) atoms. The summed E-state index contributed by atoms with van der Waals surface area (Å²) in [4.78, 5) is 60.3. The molecule has 5 aliphatic rings. The predicted molar refractivity (Wildman–Crippen MR) is 174 cm³/mol. The molecular weight excluding hydrogens is 616 g/mol. The van der Waals surface area contributed by atoms with E-state index in [1.807, 2.05) is 37.3 Å². The molecule has 2 aliphatic carbocycles. The molecule has 3 aromatic carbocycles. The van der Waals surface area contributed by atoms with Gasteiger partial charge in [0.15, 0.2) is 0 Å². The lowest BCUT2D eigenvalue weighted by molar-refractivity contribution is -0.140. The summed E-state index contributed by atoms with van der Waals surface area (Å²) < 4.78 is 6.16. The highest BCUT2D eigenvalue weighted by Crippen LogP contribution is 2.63. The van der Waals surface area contributed by atoms with Crippen molar-refractivity contribution in [1.82, 2.24) is 4.90 Å². The van der Waals surface area contributed by atoms with E-state index in [9.17, 15) is 19.5 Å². The topological polar surface area (TPSA) is 104 Å². The van der Waals surface area contributed by atoms with Crippen molar-refractivity contribution in [1.29, 1.82) is 0 Å². The molecule has 8 nitrogen and oxygen atoms in total. The Bertz CT molecular complexity index is 1920. The molecule has 9 heteroatoms. The number of hydrogen-bond donors (Lipinski definition) is 1. The molecule has 0 radical (unpaired) electrons. The van der Waals surface area contributed by atoms with Crippen LogP contribution in [-0.4, -0.2) is 40.2 Å². The molecule has 4 amide bonds. The van der Waals surface area contributed by atoms with Gasteiger partial charge in [0.2, 0.25) is 23.6 Å². The minimum atomic E-state index is -1.37. The molecule has 3 fully saturated rings. The number of carbonyl (C=O) groups is 4. The first kappa shape index (κ1) is 29.7. The molecule has 0 aromatic heterocycles. The number of halogens is 1. The number of phenols is 1. The maximum atomic E-state index is 15.3. The highest BCUT2D eigenvalue weighted by atomic mass is 35.5. The fraction of sp³-hybridized carbons (Fsp3) is 0.316. The molecule has 1 saturated carbocycles. The molecular formula is C38H33ClN2O6. The minimum absolute atomic E-state index is 0.0934. The number of anilines is 1. The number of phenolic OH excluding ortho intramolecular Hbond substituents is 1. The Labute approximate surface area is 277 Å². The van der Waals surface area contributed by atoms with Crippen LogP contribution in [-0.2, 0) is 31.0 Å². The van der Waals surface area contributed by atoms with Gasteiger partial charge < -0.3 is 9.84 Å². The predicted octanol–water partition coefficient (Wildman–Crippen LogP) is 5.97. The standard InChI is InChI=1S/C38H33ClN2O6/c1-2-15-40-34(43)28-13-12-27-29(32(28)36(40)45)19-30-35(44)41(25-10-6-9-24(39)18-25)37(46)38(30,23-7-4-3-5-8-23)33(27)22-16-21-17-26(42)11-14-31(21)47-20-22/h3-12,14,17-18,20,28-30,32-33,42H,2,13,15-16,19H2,1H3/t28-,29+,30-,32-,33-,38+/m0/s1. The quantitative estimate of drug-likeness (QED) is 0.270. The van der Waals surface area contributed by atoms with Crippen LogP contribution >= 0.6 is 11.6 Å². The maximum absolute atomic E-state index is 15.3. The molecule has 6 atom stereocenters. The molecule has 3 aliphatic heterocycles. The van der Waals surface area contributed by atoms with Crippen LogP contribution in [0.1, 0.15) is 37.3 Å². The fourth-order valence-electron chi connectivity index (χ4n) is 9.07. The van der Waals surface area contributed by atoms with Crippen LogP contribution in [0.3, 0.4) is 0 Å². The van der Waals surface area contributed by atoms with Crippen molar-refractivity contribution in [3.8, 4) is 11.5 Å². The summed E-state index contributed by atoms with van der Waals surface area (Å²) in [6.45, 7) is 2.29. The number of carbonyl (C=O) groups excluding carboxylic acids is 4. The van der Waals surface area contributed by atoms with Gasteiger partial charge in [0, 0.05) is 29.5 Å². The molecule has 1 N–H and O–H groups in total. The van der Waals surface area contributed by atoms with Gasteiger partial charge in [-0.05, 0) is 72.7 Å². The van der Waals surface area contributed by atoms with E-state index in [1.165, 1.54) is 9.80 Å². The van der Waals surface area contributed by atoms with Gasteiger partial charge in [-0.15, -0.1) is 0 Å². The SMILES string of the molecule is CCCN1C(=O)[C@H]2[C@H](CC=C3[C@H](C4=COc5ccc(O)cc5C4)[C@]4(c5ccccc5)C(=O)N(c5cccc(Cl)c5)C(=O)[C@@H]4C[C@H]32)C1=O. The van der Waals surface area contributed by atoms with E-state index in [0.29, 0.717) is 47.8 Å². The number of fused-ring (bicyclic) bond motifs is 5. The number of hydrogen-bond acceptors (Lipinski definition) is 6. The second-order valence-corrected chi connectivity index (χ2v) is 13.6. The van der Waals surface area contributed by atoms with Gasteiger partial charge in [-0.2, -0.15) is 0 Å². The van der Waals surface area contributed by atoms with E-state index in [-0.39, 0.29) is 35.8 Å². The summed E-state index contributed by atoms with van der Waals surface area (Å²) in [6.07, 6.45) is 5.36. The Morgan fingerprint density at radius 2 is 1.74 bits per heavy atom. The Kier molecular flexibility index (Phi) is 6.92. The van der Waals surface area contributed by atoms with E-state index < -0.39 is 35.0 Å². The number of amides is 4. The Balaban J connectivity index is 1.36. The van der Waals surface area contributed by atoms with Crippen LogP contribution in [0.2, 0.25) is 5.02 Å². The van der Waals surface area contributed by atoms with Crippen molar-refractivity contribution in [2.45, 2.75) is 38.0 Å². The first-order valence-corrected chi connectivity index (χ1v) is 16.6. The minimum Gasteiger partial charge on any atom is -0.508 e. The van der Waals surface area contributed by atoms with Gasteiger partial charge in [-0.3, -0.25) is 24.1 Å². The summed E-state index contributed by atoms with van der Waals surface area (Å²) in [5.41, 5.74) is 2.12. The van der Waals surface area contributed by atoms with Crippen molar-refractivity contribution < 1.29 is 29.0 Å². The largest absolute Gasteiger partial charge is 0.508 e. The number of allylic oxidation sites excluding steroid dienone is 3. The molecule has 0 bridgehead atoms. The molecule has 0 unspecified atom stereocenters. The van der Waals surface area contributed by atoms with Crippen LogP contribution in [0.5, 0.6) is 11.5 Å². The first-order valence-electron chi connectivity index (χ1n) is 16.2. The van der Waals surface area contributed by atoms with Crippen molar-refractivity contribution in [3.05, 3.63) is 112 Å². The molecule has 8 rings (SSSR count). The van der Waals surface area contributed by atoms with Crippen molar-refractivity contribution in [2.24, 2.45) is 29.6 Å². The highest BCUT2D eigenvalue weighted by molar-refractivity contribution is 6.32. The molecule has 3 aromatic rings. The third-order valence-corrected chi connectivity index (χ3v) is 11.1. The highest BCUT2D eigenvalue weighted by Gasteiger charge is 2.70. The Morgan fingerprint density at radius 1 is 0.936 bits per heavy atom. The molecule has 0 spiro atoms. The molecule has 2 saturated heterocycles. The number of benzene rings is 3. The maximum Gasteiger partial charge on any atom is 0.246 e. The Morgan fingerprint density at radius 3 is 2.51 bits per heavy atom. The first-order chi connectivity index (χ1) is 22.7. The lowest BCUT2D eigenvalue weighted by Gasteiger charge is -2.51. The fourth-order valence-corrected chi connectivity index (χ4v) is 9.25. The Hall–Kier alpha value is -4.69. The van der Waals surface area contributed by atoms with Crippen LogP contribution in [0.25, 0.3) is 0 Å². The van der Waals surface area contributed by atoms with E-state index >= 15 is 4.79 Å². The molecule has 3 heterocycles. The summed E-state index contributed by atoms with van der Waals surface area (Å²) >= 11 is 6.39. The van der Waals surface area contributed by atoms with Gasteiger partial charge in [0.1, 0.15) is 11.5 Å². The van der Waals surface area contributed by atoms with Gasteiger partial charge in [-0.25, -0.2) is 4.90 Å². The average Bonchev–Trinajstić information content (AvgIpc) is 3.45. The number of likely N-dealkylation sites (tertiary alicyclic amines) is 1. The van der Waals surface area contributed by atoms with Crippen LogP contribution in [0.4, 0.5) is 5.69 Å². The van der Waals surface area contributed by atoms with E-state index in [1.54, 1.807) is 48.7 Å². The lowest BCUT2D eigenvalue weighted by atomic mass is 9.48. The zero-order valence-electron chi connectivity index (χ0n) is 25.8. The van der Waals surface area contributed by atoms with Gasteiger partial charge in [0.05, 0.1) is 35.1 Å². The zero-order chi connectivity index (χ0) is 32.6.